The maximum atomic E-state index is 6.29. The SMILES string of the molecule is ClC1N=C(N2CCOCC2)c2sc(CN3CCNCC3)cc2N1. The lowest BCUT2D eigenvalue weighted by Gasteiger charge is -2.32. The fourth-order valence-electron chi connectivity index (χ4n) is 3.21. The van der Waals surface area contributed by atoms with Crippen molar-refractivity contribution in [2.24, 2.45) is 4.99 Å². The van der Waals surface area contributed by atoms with Crippen LogP contribution in [0.4, 0.5) is 5.69 Å². The van der Waals surface area contributed by atoms with Crippen LogP contribution in [-0.4, -0.2) is 73.7 Å². The molecule has 6 nitrogen and oxygen atoms in total. The van der Waals surface area contributed by atoms with Crippen LogP contribution < -0.4 is 10.6 Å². The maximum Gasteiger partial charge on any atom is 0.197 e. The van der Waals surface area contributed by atoms with Gasteiger partial charge in [-0.15, -0.1) is 11.3 Å². The molecule has 0 spiro atoms. The van der Waals surface area contributed by atoms with E-state index in [9.17, 15) is 0 Å². The summed E-state index contributed by atoms with van der Waals surface area (Å²) in [6, 6.07) is 2.24. The Bertz CT molecular complexity index is 580. The number of halogens is 1. The summed E-state index contributed by atoms with van der Waals surface area (Å²) in [5.74, 6) is 1.03. The first-order chi connectivity index (χ1) is 11.3. The molecule has 0 aromatic carbocycles. The Morgan fingerprint density at radius 1 is 1.26 bits per heavy atom. The topological polar surface area (TPSA) is 52.1 Å². The number of aliphatic imine (C=N–C) groups is 1. The van der Waals surface area contributed by atoms with Gasteiger partial charge in [-0.3, -0.25) is 4.90 Å². The van der Waals surface area contributed by atoms with Crippen LogP contribution >= 0.6 is 22.9 Å². The van der Waals surface area contributed by atoms with Crippen LogP contribution in [0.15, 0.2) is 11.1 Å². The van der Waals surface area contributed by atoms with Gasteiger partial charge in [0.05, 0.1) is 23.8 Å². The molecule has 0 saturated carbocycles. The molecule has 8 heteroatoms. The van der Waals surface area contributed by atoms with Crippen molar-refractivity contribution in [2.75, 3.05) is 57.8 Å². The van der Waals surface area contributed by atoms with Crippen molar-refractivity contribution in [1.29, 1.82) is 0 Å². The average molecular weight is 356 g/mol. The van der Waals surface area contributed by atoms with Crippen molar-refractivity contribution in [3.05, 3.63) is 15.8 Å². The Morgan fingerprint density at radius 2 is 2.04 bits per heavy atom. The Kier molecular flexibility index (Phi) is 4.73. The van der Waals surface area contributed by atoms with Gasteiger partial charge in [-0.25, -0.2) is 4.99 Å². The highest BCUT2D eigenvalue weighted by atomic mass is 35.5. The Labute approximate surface area is 145 Å². The van der Waals surface area contributed by atoms with E-state index in [2.05, 4.69) is 31.5 Å². The predicted octanol–water partition coefficient (Wildman–Crippen LogP) is 1.18. The van der Waals surface area contributed by atoms with E-state index in [0.717, 1.165) is 70.6 Å². The third kappa shape index (κ3) is 3.49. The van der Waals surface area contributed by atoms with Gasteiger partial charge in [-0.05, 0) is 6.07 Å². The number of nitrogens with zero attached hydrogens (tertiary/aromatic N) is 3. The van der Waals surface area contributed by atoms with Crippen molar-refractivity contribution in [2.45, 2.75) is 12.2 Å². The minimum atomic E-state index is -0.387. The van der Waals surface area contributed by atoms with E-state index in [1.165, 1.54) is 9.75 Å². The summed E-state index contributed by atoms with van der Waals surface area (Å²) in [6.07, 6.45) is 0. The van der Waals surface area contributed by atoms with E-state index in [1.807, 2.05) is 11.3 Å². The van der Waals surface area contributed by atoms with Gasteiger partial charge in [0.2, 0.25) is 0 Å². The molecule has 2 saturated heterocycles. The van der Waals surface area contributed by atoms with Gasteiger partial charge in [0.15, 0.2) is 5.62 Å². The molecular formula is C15H22ClN5OS. The molecule has 1 unspecified atom stereocenters. The molecule has 0 radical (unpaired) electrons. The van der Waals surface area contributed by atoms with E-state index >= 15 is 0 Å². The van der Waals surface area contributed by atoms with Gasteiger partial charge < -0.3 is 20.3 Å². The van der Waals surface area contributed by atoms with E-state index in [0.29, 0.717) is 0 Å². The summed E-state index contributed by atoms with van der Waals surface area (Å²) in [4.78, 5) is 12.0. The number of hydrogen-bond acceptors (Lipinski definition) is 7. The van der Waals surface area contributed by atoms with Crippen LogP contribution in [0.3, 0.4) is 0 Å². The molecule has 1 atom stereocenters. The maximum absolute atomic E-state index is 6.29. The highest BCUT2D eigenvalue weighted by molar-refractivity contribution is 7.14. The normalized spacial score (nSPS) is 25.7. The van der Waals surface area contributed by atoms with Crippen LogP contribution in [0.2, 0.25) is 0 Å². The molecule has 2 N–H and O–H groups in total. The standard InChI is InChI=1S/C15H22ClN5OS/c16-15-18-12-9-11(10-20-3-1-17-2-4-20)23-13(12)14(19-15)21-5-7-22-8-6-21/h9,15,17-18H,1-8,10H2. The number of thiophene rings is 1. The van der Waals surface area contributed by atoms with Crippen molar-refractivity contribution >= 4 is 34.5 Å². The number of anilines is 1. The smallest absolute Gasteiger partial charge is 0.197 e. The van der Waals surface area contributed by atoms with Gasteiger partial charge in [0, 0.05) is 50.7 Å². The number of morpholine rings is 1. The summed E-state index contributed by atoms with van der Waals surface area (Å²) in [6.45, 7) is 8.66. The Hall–Kier alpha value is -0.860. The second-order valence-corrected chi connectivity index (χ2v) is 7.56. The first kappa shape index (κ1) is 15.7. The number of ether oxygens (including phenoxy) is 1. The minimum Gasteiger partial charge on any atom is -0.378 e. The lowest BCUT2D eigenvalue weighted by Crippen LogP contribution is -2.43. The molecule has 126 valence electrons. The zero-order valence-corrected chi connectivity index (χ0v) is 14.6. The Balaban J connectivity index is 1.54. The van der Waals surface area contributed by atoms with E-state index in [-0.39, 0.29) is 5.62 Å². The number of amidine groups is 1. The molecule has 4 heterocycles. The number of fused-ring (bicyclic) bond motifs is 1. The second kappa shape index (κ2) is 6.94. The van der Waals surface area contributed by atoms with Gasteiger partial charge in [0.25, 0.3) is 0 Å². The van der Waals surface area contributed by atoms with Crippen LogP contribution in [0.25, 0.3) is 0 Å². The van der Waals surface area contributed by atoms with Crippen LogP contribution in [0.1, 0.15) is 9.75 Å². The lowest BCUT2D eigenvalue weighted by molar-refractivity contribution is 0.0682. The summed E-state index contributed by atoms with van der Waals surface area (Å²) >= 11 is 8.13. The van der Waals surface area contributed by atoms with Gasteiger partial charge >= 0.3 is 0 Å². The summed E-state index contributed by atoms with van der Waals surface area (Å²) in [5, 5.41) is 6.69. The first-order valence-electron chi connectivity index (χ1n) is 8.17. The van der Waals surface area contributed by atoms with Crippen molar-refractivity contribution < 1.29 is 4.74 Å². The highest BCUT2D eigenvalue weighted by Crippen LogP contribution is 2.34. The van der Waals surface area contributed by atoms with Gasteiger partial charge in [-0.1, -0.05) is 11.6 Å². The molecule has 2 fully saturated rings. The number of rotatable bonds is 2. The summed E-state index contributed by atoms with van der Waals surface area (Å²) in [7, 11) is 0. The zero-order chi connectivity index (χ0) is 15.6. The molecule has 3 aliphatic rings. The molecule has 4 rings (SSSR count). The third-order valence-electron chi connectivity index (χ3n) is 4.40. The molecule has 0 aliphatic carbocycles. The number of alkyl halides is 1. The first-order valence-corrected chi connectivity index (χ1v) is 9.42. The van der Waals surface area contributed by atoms with Crippen molar-refractivity contribution in [3.8, 4) is 0 Å². The number of piperazine rings is 1. The fourth-order valence-corrected chi connectivity index (χ4v) is 4.61. The summed E-state index contributed by atoms with van der Waals surface area (Å²) in [5.41, 5.74) is 0.735. The third-order valence-corrected chi connectivity index (χ3v) is 5.72. The van der Waals surface area contributed by atoms with Crippen molar-refractivity contribution in [1.82, 2.24) is 15.1 Å². The molecule has 23 heavy (non-hydrogen) atoms. The van der Waals surface area contributed by atoms with E-state index < -0.39 is 0 Å². The molecule has 0 amide bonds. The monoisotopic (exact) mass is 355 g/mol. The quantitative estimate of drug-likeness (QED) is 0.616. The van der Waals surface area contributed by atoms with Gasteiger partial charge in [-0.2, -0.15) is 0 Å². The zero-order valence-electron chi connectivity index (χ0n) is 13.1. The summed E-state index contributed by atoms with van der Waals surface area (Å²) < 4.78 is 5.46. The molecule has 1 aromatic rings. The van der Waals surface area contributed by atoms with Crippen LogP contribution in [0.5, 0.6) is 0 Å². The molecular weight excluding hydrogens is 334 g/mol. The van der Waals surface area contributed by atoms with E-state index in [4.69, 9.17) is 16.3 Å². The van der Waals surface area contributed by atoms with Crippen LogP contribution in [-0.2, 0) is 11.3 Å². The lowest BCUT2D eigenvalue weighted by atomic mass is 10.2. The van der Waals surface area contributed by atoms with Gasteiger partial charge in [0.1, 0.15) is 5.84 Å². The van der Waals surface area contributed by atoms with Crippen LogP contribution in [0, 0.1) is 0 Å². The second-order valence-electron chi connectivity index (χ2n) is 6.01. The van der Waals surface area contributed by atoms with Crippen molar-refractivity contribution in [3.63, 3.8) is 0 Å². The highest BCUT2D eigenvalue weighted by Gasteiger charge is 2.27. The minimum absolute atomic E-state index is 0.387. The molecule has 1 aromatic heterocycles. The average Bonchev–Trinajstić information content (AvgIpc) is 2.98. The largest absolute Gasteiger partial charge is 0.378 e. The fraction of sp³-hybridized carbons (Fsp3) is 0.667. The molecule has 0 bridgehead atoms. The Morgan fingerprint density at radius 3 is 2.83 bits per heavy atom. The molecule has 3 aliphatic heterocycles. The predicted molar refractivity (Wildman–Crippen MR) is 94.7 cm³/mol. The number of hydrogen-bond donors (Lipinski definition) is 2. The number of nitrogens with one attached hydrogen (secondary N) is 2. The van der Waals surface area contributed by atoms with E-state index in [1.54, 1.807) is 0 Å².